The quantitative estimate of drug-likeness (QED) is 0.743. The molecule has 1 saturated heterocycles. The fourth-order valence-corrected chi connectivity index (χ4v) is 2.00. The van der Waals surface area contributed by atoms with Gasteiger partial charge < -0.3 is 16.0 Å². The second-order valence-electron chi connectivity index (χ2n) is 4.23. The van der Waals surface area contributed by atoms with Crippen LogP contribution in [-0.2, 0) is 4.79 Å². The lowest BCUT2D eigenvalue weighted by atomic mass is 10.1. The molecule has 96 valence electrons. The summed E-state index contributed by atoms with van der Waals surface area (Å²) >= 11 is 0. The van der Waals surface area contributed by atoms with Gasteiger partial charge in [0.25, 0.3) is 0 Å². The van der Waals surface area contributed by atoms with Gasteiger partial charge in [-0.25, -0.2) is 0 Å². The van der Waals surface area contributed by atoms with Crippen molar-refractivity contribution in [2.75, 3.05) is 31.1 Å². The molecule has 0 saturated carbocycles. The Bertz CT molecular complexity index is 459. The van der Waals surface area contributed by atoms with E-state index in [1.807, 2.05) is 6.07 Å². The van der Waals surface area contributed by atoms with E-state index in [9.17, 15) is 9.59 Å². The van der Waals surface area contributed by atoms with Gasteiger partial charge in [0.2, 0.25) is 5.91 Å². The maximum absolute atomic E-state index is 11.8. The molecule has 1 aliphatic rings. The highest BCUT2D eigenvalue weighted by Crippen LogP contribution is 2.18. The van der Waals surface area contributed by atoms with E-state index in [2.05, 4.69) is 5.32 Å². The Kier molecular flexibility index (Phi) is 4.07. The summed E-state index contributed by atoms with van der Waals surface area (Å²) in [6.45, 7) is 2.09. The van der Waals surface area contributed by atoms with Crippen molar-refractivity contribution in [3.63, 3.8) is 0 Å². The molecule has 0 spiro atoms. The molecule has 0 unspecified atom stereocenters. The monoisotopic (exact) mass is 247 g/mol. The van der Waals surface area contributed by atoms with Crippen molar-refractivity contribution >= 4 is 17.4 Å². The number of rotatable bonds is 4. The van der Waals surface area contributed by atoms with Crippen LogP contribution < -0.4 is 16.0 Å². The smallest absolute Gasteiger partial charge is 0.240 e. The molecule has 1 aliphatic heterocycles. The van der Waals surface area contributed by atoms with Crippen molar-refractivity contribution < 1.29 is 9.59 Å². The lowest BCUT2D eigenvalue weighted by molar-refractivity contribution is -0.118. The van der Waals surface area contributed by atoms with Crippen LogP contribution in [-0.4, -0.2) is 37.9 Å². The Morgan fingerprint density at radius 3 is 3.00 bits per heavy atom. The van der Waals surface area contributed by atoms with Crippen LogP contribution >= 0.6 is 0 Å². The zero-order valence-electron chi connectivity index (χ0n) is 10.2. The molecule has 1 aromatic rings. The van der Waals surface area contributed by atoms with Crippen LogP contribution in [0.4, 0.5) is 5.69 Å². The summed E-state index contributed by atoms with van der Waals surface area (Å²) in [5.74, 6) is 0.0478. The third-order valence-electron chi connectivity index (χ3n) is 2.94. The molecule has 3 N–H and O–H groups in total. The third kappa shape index (κ3) is 2.75. The summed E-state index contributed by atoms with van der Waals surface area (Å²) in [4.78, 5) is 25.2. The molecular formula is C13H17N3O2. The van der Waals surface area contributed by atoms with Gasteiger partial charge in [0.05, 0.1) is 6.54 Å². The predicted molar refractivity (Wildman–Crippen MR) is 69.7 cm³/mol. The number of hydrogen-bond acceptors (Lipinski definition) is 4. The number of carbonyl (C=O) groups is 2. The molecule has 2 rings (SSSR count). The van der Waals surface area contributed by atoms with Crippen LogP contribution in [0.5, 0.6) is 0 Å². The number of nitrogens with one attached hydrogen (secondary N) is 1. The SMILES string of the molecule is NCCC(=O)c1cccc(N2CCNCC2=O)c1. The number of ketones is 1. The van der Waals surface area contributed by atoms with Gasteiger partial charge in [-0.2, -0.15) is 0 Å². The minimum atomic E-state index is 0.0157. The van der Waals surface area contributed by atoms with Crippen LogP contribution in [0.3, 0.4) is 0 Å². The second kappa shape index (κ2) is 5.75. The second-order valence-corrected chi connectivity index (χ2v) is 4.23. The Morgan fingerprint density at radius 1 is 1.44 bits per heavy atom. The van der Waals surface area contributed by atoms with Crippen LogP contribution in [0.1, 0.15) is 16.8 Å². The van der Waals surface area contributed by atoms with E-state index in [0.29, 0.717) is 31.6 Å². The van der Waals surface area contributed by atoms with E-state index < -0.39 is 0 Å². The van der Waals surface area contributed by atoms with E-state index in [4.69, 9.17) is 5.73 Å². The highest BCUT2D eigenvalue weighted by Gasteiger charge is 2.19. The predicted octanol–water partition coefficient (Wildman–Crippen LogP) is 0.154. The molecule has 1 fully saturated rings. The molecular weight excluding hydrogens is 230 g/mol. The van der Waals surface area contributed by atoms with Gasteiger partial charge in [-0.3, -0.25) is 9.59 Å². The molecule has 5 heteroatoms. The first-order valence-corrected chi connectivity index (χ1v) is 6.07. The summed E-state index contributed by atoms with van der Waals surface area (Å²) < 4.78 is 0. The van der Waals surface area contributed by atoms with E-state index in [-0.39, 0.29) is 11.7 Å². The lowest BCUT2D eigenvalue weighted by Gasteiger charge is -2.27. The van der Waals surface area contributed by atoms with Crippen LogP contribution in [0.2, 0.25) is 0 Å². The van der Waals surface area contributed by atoms with E-state index >= 15 is 0 Å². The molecule has 1 amide bonds. The zero-order chi connectivity index (χ0) is 13.0. The molecule has 0 aliphatic carbocycles. The number of nitrogens with two attached hydrogens (primary N) is 1. The Balaban J connectivity index is 2.21. The maximum Gasteiger partial charge on any atom is 0.240 e. The van der Waals surface area contributed by atoms with Gasteiger partial charge >= 0.3 is 0 Å². The normalized spacial score (nSPS) is 15.8. The fraction of sp³-hybridized carbons (Fsp3) is 0.385. The molecule has 0 atom stereocenters. The van der Waals surface area contributed by atoms with Crippen molar-refractivity contribution in [3.05, 3.63) is 29.8 Å². The van der Waals surface area contributed by atoms with Gasteiger partial charge in [0.1, 0.15) is 0 Å². The first-order chi connectivity index (χ1) is 8.72. The molecule has 18 heavy (non-hydrogen) atoms. The molecule has 5 nitrogen and oxygen atoms in total. The summed E-state index contributed by atoms with van der Waals surface area (Å²) in [5, 5.41) is 3.02. The minimum absolute atomic E-state index is 0.0157. The van der Waals surface area contributed by atoms with Crippen molar-refractivity contribution in [1.29, 1.82) is 0 Å². The Morgan fingerprint density at radius 2 is 2.28 bits per heavy atom. The van der Waals surface area contributed by atoms with Crippen molar-refractivity contribution in [3.8, 4) is 0 Å². The highest BCUT2D eigenvalue weighted by atomic mass is 16.2. The number of Topliss-reactive ketones (excluding diaryl/α,β-unsaturated/α-hetero) is 1. The molecule has 1 heterocycles. The standard InChI is InChI=1S/C13H17N3O2/c14-5-4-12(17)10-2-1-3-11(8-10)16-7-6-15-9-13(16)18/h1-3,8,15H,4-7,9,14H2. The summed E-state index contributed by atoms with van der Waals surface area (Å²) in [6, 6.07) is 7.17. The summed E-state index contributed by atoms with van der Waals surface area (Å²) in [7, 11) is 0. The topological polar surface area (TPSA) is 75.4 Å². The number of benzene rings is 1. The van der Waals surface area contributed by atoms with Crippen molar-refractivity contribution in [1.82, 2.24) is 5.32 Å². The van der Waals surface area contributed by atoms with Gasteiger partial charge in [0, 0.05) is 30.8 Å². The Hall–Kier alpha value is -1.72. The Labute approximate surface area is 106 Å². The van der Waals surface area contributed by atoms with Crippen LogP contribution in [0.25, 0.3) is 0 Å². The van der Waals surface area contributed by atoms with Gasteiger partial charge in [-0.15, -0.1) is 0 Å². The average molecular weight is 247 g/mol. The minimum Gasteiger partial charge on any atom is -0.330 e. The van der Waals surface area contributed by atoms with Gasteiger partial charge in [0.15, 0.2) is 5.78 Å². The summed E-state index contributed by atoms with van der Waals surface area (Å²) in [5.41, 5.74) is 6.77. The average Bonchev–Trinajstić information content (AvgIpc) is 2.40. The molecule has 0 bridgehead atoms. The number of hydrogen-bond donors (Lipinski definition) is 2. The number of nitrogens with zero attached hydrogens (tertiary/aromatic N) is 1. The van der Waals surface area contributed by atoms with E-state index in [1.165, 1.54) is 0 Å². The number of anilines is 1. The van der Waals surface area contributed by atoms with Gasteiger partial charge in [-0.1, -0.05) is 12.1 Å². The lowest BCUT2D eigenvalue weighted by Crippen LogP contribution is -2.48. The first kappa shape index (κ1) is 12.7. The molecule has 0 aromatic heterocycles. The molecule has 1 aromatic carbocycles. The maximum atomic E-state index is 11.8. The van der Waals surface area contributed by atoms with Crippen LogP contribution in [0.15, 0.2) is 24.3 Å². The van der Waals surface area contributed by atoms with Gasteiger partial charge in [-0.05, 0) is 18.7 Å². The fourth-order valence-electron chi connectivity index (χ4n) is 2.00. The van der Waals surface area contributed by atoms with E-state index in [1.54, 1.807) is 23.1 Å². The van der Waals surface area contributed by atoms with Crippen molar-refractivity contribution in [2.24, 2.45) is 5.73 Å². The number of piperazine rings is 1. The first-order valence-electron chi connectivity index (χ1n) is 6.07. The highest BCUT2D eigenvalue weighted by molar-refractivity contribution is 6.00. The molecule has 0 radical (unpaired) electrons. The number of amides is 1. The summed E-state index contributed by atoms with van der Waals surface area (Å²) in [6.07, 6.45) is 0.332. The third-order valence-corrected chi connectivity index (χ3v) is 2.94. The zero-order valence-corrected chi connectivity index (χ0v) is 10.2. The largest absolute Gasteiger partial charge is 0.330 e. The number of carbonyl (C=O) groups excluding carboxylic acids is 2. The van der Waals surface area contributed by atoms with Crippen LogP contribution in [0, 0.1) is 0 Å². The van der Waals surface area contributed by atoms with E-state index in [0.717, 1.165) is 12.2 Å². The van der Waals surface area contributed by atoms with Crippen molar-refractivity contribution in [2.45, 2.75) is 6.42 Å².